The van der Waals surface area contributed by atoms with Crippen molar-refractivity contribution in [2.24, 2.45) is 0 Å². The van der Waals surface area contributed by atoms with Crippen molar-refractivity contribution in [2.45, 2.75) is 12.5 Å². The SMILES string of the molecule is O=C(c1nccs1)N1CCN(C2CC(=O)N(c3ccc4c(cnn4C(=O)O)c3)C2)CC1. The van der Waals surface area contributed by atoms with E-state index < -0.39 is 6.09 Å². The van der Waals surface area contributed by atoms with Gasteiger partial charge in [0.15, 0.2) is 5.01 Å². The summed E-state index contributed by atoms with van der Waals surface area (Å²) in [5, 5.41) is 16.0. The van der Waals surface area contributed by atoms with Crippen molar-refractivity contribution < 1.29 is 19.5 Å². The molecule has 2 aliphatic rings. The van der Waals surface area contributed by atoms with Gasteiger partial charge in [-0.1, -0.05) is 0 Å². The highest BCUT2D eigenvalue weighted by molar-refractivity contribution is 7.11. The second-order valence-corrected chi connectivity index (χ2v) is 8.50. The van der Waals surface area contributed by atoms with E-state index in [-0.39, 0.29) is 17.9 Å². The van der Waals surface area contributed by atoms with Gasteiger partial charge in [0, 0.05) is 67.8 Å². The predicted molar refractivity (Wildman–Crippen MR) is 114 cm³/mol. The van der Waals surface area contributed by atoms with Gasteiger partial charge in [-0.3, -0.25) is 14.5 Å². The van der Waals surface area contributed by atoms with Gasteiger partial charge in [0.1, 0.15) is 0 Å². The third kappa shape index (κ3) is 3.55. The van der Waals surface area contributed by atoms with E-state index in [1.165, 1.54) is 17.5 Å². The highest BCUT2D eigenvalue weighted by Crippen LogP contribution is 2.28. The molecule has 1 aromatic carbocycles. The lowest BCUT2D eigenvalue weighted by Crippen LogP contribution is -2.52. The molecule has 160 valence electrons. The fraction of sp³-hybridized carbons (Fsp3) is 0.350. The topological polar surface area (TPSA) is 112 Å². The third-order valence-electron chi connectivity index (χ3n) is 5.88. The van der Waals surface area contributed by atoms with E-state index in [0.717, 1.165) is 10.4 Å². The van der Waals surface area contributed by atoms with Crippen LogP contribution in [0, 0.1) is 0 Å². The number of carbonyl (C=O) groups is 3. The summed E-state index contributed by atoms with van der Waals surface area (Å²) in [6.07, 6.45) is 2.40. The Morgan fingerprint density at radius 2 is 1.97 bits per heavy atom. The zero-order chi connectivity index (χ0) is 21.5. The molecule has 0 aliphatic carbocycles. The van der Waals surface area contributed by atoms with Crippen LogP contribution in [0.25, 0.3) is 10.9 Å². The average molecular weight is 440 g/mol. The molecule has 0 radical (unpaired) electrons. The molecule has 1 N–H and O–H groups in total. The Morgan fingerprint density at radius 1 is 1.16 bits per heavy atom. The van der Waals surface area contributed by atoms with Crippen molar-refractivity contribution >= 4 is 45.8 Å². The smallest absolute Gasteiger partial charge is 0.432 e. The minimum Gasteiger partial charge on any atom is -0.463 e. The van der Waals surface area contributed by atoms with Crippen molar-refractivity contribution in [3.8, 4) is 0 Å². The summed E-state index contributed by atoms with van der Waals surface area (Å²) >= 11 is 1.35. The van der Waals surface area contributed by atoms with Gasteiger partial charge >= 0.3 is 6.09 Å². The molecule has 10 nitrogen and oxygen atoms in total. The molecule has 4 heterocycles. The van der Waals surface area contributed by atoms with Gasteiger partial charge in [0.2, 0.25) is 5.91 Å². The number of hydrogen-bond donors (Lipinski definition) is 1. The Balaban J connectivity index is 1.25. The zero-order valence-corrected chi connectivity index (χ0v) is 17.4. The molecule has 3 aromatic rings. The number of amides is 2. The molecule has 2 aliphatic heterocycles. The number of fused-ring (bicyclic) bond motifs is 1. The Hall–Kier alpha value is -3.31. The van der Waals surface area contributed by atoms with Crippen LogP contribution in [0.15, 0.2) is 36.0 Å². The molecule has 2 fully saturated rings. The fourth-order valence-electron chi connectivity index (χ4n) is 4.28. The first-order chi connectivity index (χ1) is 15.0. The Morgan fingerprint density at radius 3 is 2.68 bits per heavy atom. The molecule has 1 unspecified atom stereocenters. The van der Waals surface area contributed by atoms with Crippen LogP contribution in [-0.4, -0.2) is 86.3 Å². The molecule has 1 atom stereocenters. The quantitative estimate of drug-likeness (QED) is 0.658. The normalized spacial score (nSPS) is 20.0. The van der Waals surface area contributed by atoms with Crippen LogP contribution in [0.5, 0.6) is 0 Å². The number of piperazine rings is 1. The van der Waals surface area contributed by atoms with Crippen LogP contribution in [0.3, 0.4) is 0 Å². The maximum Gasteiger partial charge on any atom is 0.432 e. The van der Waals surface area contributed by atoms with Crippen molar-refractivity contribution in [2.75, 3.05) is 37.6 Å². The monoisotopic (exact) mass is 440 g/mol. The van der Waals surface area contributed by atoms with E-state index in [9.17, 15) is 19.5 Å². The maximum atomic E-state index is 12.7. The summed E-state index contributed by atoms with van der Waals surface area (Å²) < 4.78 is 0.917. The summed E-state index contributed by atoms with van der Waals surface area (Å²) in [5.74, 6) is 0.00486. The van der Waals surface area contributed by atoms with Crippen molar-refractivity contribution in [3.63, 3.8) is 0 Å². The fourth-order valence-corrected chi connectivity index (χ4v) is 4.88. The van der Waals surface area contributed by atoms with Crippen molar-refractivity contribution in [1.29, 1.82) is 0 Å². The zero-order valence-electron chi connectivity index (χ0n) is 16.5. The lowest BCUT2D eigenvalue weighted by atomic mass is 10.2. The summed E-state index contributed by atoms with van der Waals surface area (Å²) in [6, 6.07) is 5.32. The highest BCUT2D eigenvalue weighted by Gasteiger charge is 2.36. The van der Waals surface area contributed by atoms with Gasteiger partial charge in [0.05, 0.1) is 11.7 Å². The first-order valence-electron chi connectivity index (χ1n) is 9.95. The van der Waals surface area contributed by atoms with Gasteiger partial charge in [-0.2, -0.15) is 9.78 Å². The molecule has 11 heteroatoms. The van der Waals surface area contributed by atoms with Crippen LogP contribution < -0.4 is 4.90 Å². The van der Waals surface area contributed by atoms with E-state index in [1.807, 2.05) is 4.90 Å². The van der Waals surface area contributed by atoms with Crippen molar-refractivity contribution in [1.82, 2.24) is 24.6 Å². The lowest BCUT2D eigenvalue weighted by Gasteiger charge is -2.37. The molecular weight excluding hydrogens is 420 g/mol. The number of anilines is 1. The number of hydrogen-bond acceptors (Lipinski definition) is 7. The predicted octanol–water partition coefficient (Wildman–Crippen LogP) is 1.58. The number of carboxylic acid groups (broad SMARTS) is 1. The molecule has 0 bridgehead atoms. The maximum absolute atomic E-state index is 12.7. The van der Waals surface area contributed by atoms with Gasteiger partial charge in [-0.05, 0) is 18.2 Å². The molecule has 5 rings (SSSR count). The Labute approximate surface area is 181 Å². The number of aromatic nitrogens is 3. The largest absolute Gasteiger partial charge is 0.463 e. The minimum absolute atomic E-state index is 0.0333. The Kier molecular flexibility index (Phi) is 4.91. The van der Waals surface area contributed by atoms with Crippen LogP contribution in [-0.2, 0) is 4.79 Å². The summed E-state index contributed by atoms with van der Waals surface area (Å²) in [5.41, 5.74) is 1.22. The van der Waals surface area contributed by atoms with Gasteiger partial charge < -0.3 is 14.9 Å². The summed E-state index contributed by atoms with van der Waals surface area (Å²) in [6.45, 7) is 3.23. The van der Waals surface area contributed by atoms with Gasteiger partial charge in [0.25, 0.3) is 5.91 Å². The van der Waals surface area contributed by atoms with E-state index in [2.05, 4.69) is 15.0 Å². The van der Waals surface area contributed by atoms with Crippen LogP contribution in [0.2, 0.25) is 0 Å². The highest BCUT2D eigenvalue weighted by atomic mass is 32.1. The minimum atomic E-state index is -1.15. The van der Waals surface area contributed by atoms with E-state index in [4.69, 9.17) is 0 Å². The summed E-state index contributed by atoms with van der Waals surface area (Å²) in [7, 11) is 0. The number of benzene rings is 1. The van der Waals surface area contributed by atoms with E-state index in [0.29, 0.717) is 55.1 Å². The second-order valence-electron chi connectivity index (χ2n) is 7.61. The molecule has 2 saturated heterocycles. The number of rotatable bonds is 3. The molecule has 31 heavy (non-hydrogen) atoms. The summed E-state index contributed by atoms with van der Waals surface area (Å²) in [4.78, 5) is 46.3. The van der Waals surface area contributed by atoms with Crippen molar-refractivity contribution in [3.05, 3.63) is 41.0 Å². The van der Waals surface area contributed by atoms with E-state index >= 15 is 0 Å². The molecule has 0 spiro atoms. The van der Waals surface area contributed by atoms with Gasteiger partial charge in [-0.15, -0.1) is 11.3 Å². The lowest BCUT2D eigenvalue weighted by molar-refractivity contribution is -0.117. The molecule has 2 aromatic heterocycles. The standard InChI is InChI=1S/C20H20N6O4S/c27-17-10-15(23-4-6-24(7-5-23)19(28)18-21-3-8-31-18)12-25(17)14-1-2-16-13(9-14)11-22-26(16)20(29)30/h1-3,8-9,11,15H,4-7,10,12H2,(H,29,30). The van der Waals surface area contributed by atoms with Crippen LogP contribution in [0.4, 0.5) is 10.5 Å². The second kappa shape index (κ2) is 7.75. The molecular formula is C20H20N6O4S. The van der Waals surface area contributed by atoms with Crippen LogP contribution in [0.1, 0.15) is 16.2 Å². The van der Waals surface area contributed by atoms with Crippen LogP contribution >= 0.6 is 11.3 Å². The Bertz CT molecular complexity index is 1150. The van der Waals surface area contributed by atoms with Gasteiger partial charge in [-0.25, -0.2) is 9.78 Å². The first-order valence-corrected chi connectivity index (χ1v) is 10.8. The molecule has 2 amide bonds. The average Bonchev–Trinajstić information content (AvgIpc) is 3.52. The number of nitrogens with zero attached hydrogens (tertiary/aromatic N) is 6. The number of thiazole rings is 1. The number of carbonyl (C=O) groups excluding carboxylic acids is 2. The van der Waals surface area contributed by atoms with E-state index in [1.54, 1.807) is 34.7 Å². The molecule has 0 saturated carbocycles. The first kappa shape index (κ1) is 19.6. The third-order valence-corrected chi connectivity index (χ3v) is 6.64.